The van der Waals surface area contributed by atoms with Gasteiger partial charge >= 0.3 is 0 Å². The van der Waals surface area contributed by atoms with Crippen LogP contribution in [0.2, 0.25) is 0 Å². The third kappa shape index (κ3) is 3.23. The Morgan fingerprint density at radius 1 is 1.31 bits per heavy atom. The third-order valence-corrected chi connectivity index (χ3v) is 4.01. The molecule has 3 aromatic heterocycles. The highest BCUT2D eigenvalue weighted by Gasteiger charge is 2.30. The Balaban J connectivity index is 1.39. The van der Waals surface area contributed by atoms with Gasteiger partial charge < -0.3 is 23.3 Å². The van der Waals surface area contributed by atoms with Gasteiger partial charge in [-0.05, 0) is 12.1 Å². The molecule has 9 heteroatoms. The van der Waals surface area contributed by atoms with E-state index in [1.807, 2.05) is 0 Å². The molecule has 0 saturated carbocycles. The van der Waals surface area contributed by atoms with Gasteiger partial charge in [0.15, 0.2) is 11.5 Å². The fraction of sp³-hybridized carbons (Fsp3) is 0.294. The maximum atomic E-state index is 12.6. The summed E-state index contributed by atoms with van der Waals surface area (Å²) in [6.07, 6.45) is 5.06. The molecule has 4 heterocycles. The Labute approximate surface area is 148 Å². The van der Waals surface area contributed by atoms with Crippen LogP contribution in [0.15, 0.2) is 45.8 Å². The number of methoxy groups -OCH3 is 1. The van der Waals surface area contributed by atoms with Crippen LogP contribution < -0.4 is 9.47 Å². The van der Waals surface area contributed by atoms with Gasteiger partial charge in [-0.3, -0.25) is 9.78 Å². The maximum Gasteiger partial charge on any atom is 0.276 e. The van der Waals surface area contributed by atoms with E-state index in [-0.39, 0.29) is 17.7 Å². The molecule has 1 aliphatic rings. The molecule has 1 unspecified atom stereocenters. The number of hydrogen-bond donors (Lipinski definition) is 0. The summed E-state index contributed by atoms with van der Waals surface area (Å²) in [5.41, 5.74) is 0.234. The minimum atomic E-state index is -0.214. The van der Waals surface area contributed by atoms with E-state index in [2.05, 4.69) is 15.1 Å². The summed E-state index contributed by atoms with van der Waals surface area (Å²) in [4.78, 5) is 22.4. The summed E-state index contributed by atoms with van der Waals surface area (Å²) in [5.74, 6) is 1.47. The van der Waals surface area contributed by atoms with Crippen LogP contribution in [0.1, 0.15) is 16.9 Å². The molecule has 0 radical (unpaired) electrons. The summed E-state index contributed by atoms with van der Waals surface area (Å²) in [6, 6.07) is 5.05. The lowest BCUT2D eigenvalue weighted by Crippen LogP contribution is -2.31. The number of likely N-dealkylation sites (tertiary alicyclic amines) is 1. The molecule has 1 atom stereocenters. The Kier molecular flexibility index (Phi) is 4.26. The molecule has 1 aliphatic heterocycles. The van der Waals surface area contributed by atoms with Gasteiger partial charge in [-0.2, -0.15) is 4.98 Å². The second kappa shape index (κ2) is 6.87. The zero-order valence-corrected chi connectivity index (χ0v) is 14.0. The van der Waals surface area contributed by atoms with Crippen molar-refractivity contribution in [1.29, 1.82) is 0 Å². The number of nitrogens with zero attached hydrogens (tertiary/aromatic N) is 4. The predicted octanol–water partition coefficient (Wildman–Crippen LogP) is 2.03. The molecule has 1 saturated heterocycles. The van der Waals surface area contributed by atoms with Gasteiger partial charge in [-0.25, -0.2) is 0 Å². The minimum Gasteiger partial charge on any atom is -0.480 e. The third-order valence-electron chi connectivity index (χ3n) is 4.01. The van der Waals surface area contributed by atoms with Gasteiger partial charge in [-0.15, -0.1) is 0 Å². The van der Waals surface area contributed by atoms with E-state index in [1.165, 1.54) is 25.8 Å². The Morgan fingerprint density at radius 2 is 2.19 bits per heavy atom. The van der Waals surface area contributed by atoms with Crippen molar-refractivity contribution in [2.45, 2.75) is 12.5 Å². The Hall–Kier alpha value is -3.36. The number of aromatic nitrogens is 3. The molecule has 0 aliphatic carbocycles. The van der Waals surface area contributed by atoms with Crippen molar-refractivity contribution in [2.75, 3.05) is 20.2 Å². The lowest BCUT2D eigenvalue weighted by Gasteiger charge is -2.15. The summed E-state index contributed by atoms with van der Waals surface area (Å²) in [6.45, 7) is 0.991. The fourth-order valence-corrected chi connectivity index (χ4v) is 2.74. The number of furan rings is 1. The number of rotatable bonds is 5. The van der Waals surface area contributed by atoms with Crippen LogP contribution in [-0.4, -0.2) is 52.2 Å². The first kappa shape index (κ1) is 16.1. The summed E-state index contributed by atoms with van der Waals surface area (Å²) in [7, 11) is 1.51. The van der Waals surface area contributed by atoms with Gasteiger partial charge in [0, 0.05) is 19.0 Å². The normalized spacial score (nSPS) is 16.7. The Morgan fingerprint density at radius 3 is 3.00 bits per heavy atom. The smallest absolute Gasteiger partial charge is 0.276 e. The molecule has 1 amide bonds. The molecule has 134 valence electrons. The van der Waals surface area contributed by atoms with E-state index in [1.54, 1.807) is 23.1 Å². The molecule has 0 aromatic carbocycles. The van der Waals surface area contributed by atoms with Crippen molar-refractivity contribution < 1.29 is 23.2 Å². The van der Waals surface area contributed by atoms with Crippen molar-refractivity contribution in [1.82, 2.24) is 20.0 Å². The number of amides is 1. The van der Waals surface area contributed by atoms with Crippen LogP contribution in [0, 0.1) is 0 Å². The largest absolute Gasteiger partial charge is 0.480 e. The number of carbonyl (C=O) groups excluding carboxylic acids is 1. The number of carbonyl (C=O) groups is 1. The first-order valence-corrected chi connectivity index (χ1v) is 8.05. The van der Waals surface area contributed by atoms with E-state index >= 15 is 0 Å². The molecule has 9 nitrogen and oxygen atoms in total. The molecular formula is C17H16N4O5. The highest BCUT2D eigenvalue weighted by Crippen LogP contribution is 2.23. The predicted molar refractivity (Wildman–Crippen MR) is 87.7 cm³/mol. The van der Waals surface area contributed by atoms with Gasteiger partial charge in [0.25, 0.3) is 5.91 Å². The molecule has 0 N–H and O–H groups in total. The van der Waals surface area contributed by atoms with Crippen molar-refractivity contribution in [3.8, 4) is 23.3 Å². The lowest BCUT2D eigenvalue weighted by molar-refractivity contribution is 0.0760. The average molecular weight is 356 g/mol. The first-order valence-electron chi connectivity index (χ1n) is 8.05. The van der Waals surface area contributed by atoms with Crippen LogP contribution in [-0.2, 0) is 0 Å². The molecule has 4 rings (SSSR count). The van der Waals surface area contributed by atoms with Gasteiger partial charge in [-0.1, -0.05) is 5.16 Å². The summed E-state index contributed by atoms with van der Waals surface area (Å²) >= 11 is 0. The van der Waals surface area contributed by atoms with Crippen molar-refractivity contribution in [3.63, 3.8) is 0 Å². The zero-order valence-electron chi connectivity index (χ0n) is 14.0. The average Bonchev–Trinajstić information content (AvgIpc) is 3.41. The molecular weight excluding hydrogens is 340 g/mol. The SMILES string of the molecule is COc1cncc(OC2CCN(C(=O)c3cc(-c4ccco4)on3)C2)n1. The van der Waals surface area contributed by atoms with Gasteiger partial charge in [0.1, 0.15) is 6.10 Å². The van der Waals surface area contributed by atoms with Gasteiger partial charge in [0.05, 0.1) is 32.3 Å². The van der Waals surface area contributed by atoms with E-state index in [4.69, 9.17) is 18.4 Å². The van der Waals surface area contributed by atoms with E-state index < -0.39 is 0 Å². The van der Waals surface area contributed by atoms with Crippen molar-refractivity contribution in [3.05, 3.63) is 42.5 Å². The molecule has 0 spiro atoms. The van der Waals surface area contributed by atoms with Gasteiger partial charge in [0.2, 0.25) is 17.5 Å². The second-order valence-corrected chi connectivity index (χ2v) is 5.73. The maximum absolute atomic E-state index is 12.6. The lowest BCUT2D eigenvalue weighted by atomic mass is 10.3. The van der Waals surface area contributed by atoms with E-state index in [0.717, 1.165) is 0 Å². The number of ether oxygens (including phenoxy) is 2. The van der Waals surface area contributed by atoms with Crippen LogP contribution in [0.25, 0.3) is 11.5 Å². The van der Waals surface area contributed by atoms with Crippen molar-refractivity contribution in [2.24, 2.45) is 0 Å². The van der Waals surface area contributed by atoms with Crippen molar-refractivity contribution >= 4 is 5.91 Å². The molecule has 1 fully saturated rings. The first-order chi connectivity index (χ1) is 12.7. The van der Waals surface area contributed by atoms with Crippen LogP contribution in [0.5, 0.6) is 11.8 Å². The molecule has 3 aromatic rings. The standard InChI is InChI=1S/C17H16N4O5/c1-23-15-8-18-9-16(19-15)25-11-4-5-21(10-11)17(22)12-7-14(26-20-12)13-3-2-6-24-13/h2-3,6-9,11H,4-5,10H2,1H3. The molecule has 0 bridgehead atoms. The second-order valence-electron chi connectivity index (χ2n) is 5.73. The summed E-state index contributed by atoms with van der Waals surface area (Å²) in [5, 5.41) is 3.84. The summed E-state index contributed by atoms with van der Waals surface area (Å²) < 4.78 is 21.2. The fourth-order valence-electron chi connectivity index (χ4n) is 2.74. The molecule has 26 heavy (non-hydrogen) atoms. The monoisotopic (exact) mass is 356 g/mol. The number of hydrogen-bond acceptors (Lipinski definition) is 8. The van der Waals surface area contributed by atoms with E-state index in [0.29, 0.717) is 42.8 Å². The van der Waals surface area contributed by atoms with E-state index in [9.17, 15) is 4.79 Å². The van der Waals surface area contributed by atoms with Crippen LogP contribution in [0.4, 0.5) is 0 Å². The zero-order chi connectivity index (χ0) is 17.9. The quantitative estimate of drug-likeness (QED) is 0.684. The van der Waals surface area contributed by atoms with Crippen LogP contribution in [0.3, 0.4) is 0 Å². The Bertz CT molecular complexity index is 892. The topological polar surface area (TPSA) is 104 Å². The highest BCUT2D eigenvalue weighted by molar-refractivity contribution is 5.93. The van der Waals surface area contributed by atoms with Crippen LogP contribution >= 0.6 is 0 Å². The highest BCUT2D eigenvalue weighted by atomic mass is 16.5. The minimum absolute atomic E-state index is 0.170.